The minimum absolute atomic E-state index is 0. The summed E-state index contributed by atoms with van der Waals surface area (Å²) < 4.78 is 9.61. The number of ether oxygens (including phenoxy) is 2. The maximum atomic E-state index is 11.4. The van der Waals surface area contributed by atoms with Crippen LogP contribution >= 0.6 is 0 Å². The fourth-order valence-corrected chi connectivity index (χ4v) is 1.69. The van der Waals surface area contributed by atoms with Gasteiger partial charge in [-0.1, -0.05) is 13.8 Å². The molecule has 2 aliphatic rings. The van der Waals surface area contributed by atoms with E-state index in [1.54, 1.807) is 6.92 Å². The van der Waals surface area contributed by atoms with Crippen molar-refractivity contribution < 1.29 is 65.7 Å². The molecule has 2 saturated carbocycles. The van der Waals surface area contributed by atoms with Crippen LogP contribution in [0.25, 0.3) is 0 Å². The first kappa shape index (κ1) is 28.5. The van der Waals surface area contributed by atoms with Gasteiger partial charge in [-0.15, -0.1) is 0 Å². The van der Waals surface area contributed by atoms with Gasteiger partial charge in [0.2, 0.25) is 0 Å². The van der Waals surface area contributed by atoms with Crippen molar-refractivity contribution in [3.8, 4) is 0 Å². The molecule has 0 aromatic carbocycles. The fourth-order valence-electron chi connectivity index (χ4n) is 1.69. The van der Waals surface area contributed by atoms with Crippen molar-refractivity contribution in [3.05, 3.63) is 6.92 Å². The number of carbonyl (C=O) groups is 2. The van der Waals surface area contributed by atoms with Crippen LogP contribution in [0.15, 0.2) is 0 Å². The van der Waals surface area contributed by atoms with Crippen LogP contribution in [-0.4, -0.2) is 59.4 Å². The number of halogens is 1. The molecule has 0 bridgehead atoms. The summed E-state index contributed by atoms with van der Waals surface area (Å²) in [5.74, 6) is -2.27. The molecule has 2 fully saturated rings. The zero-order valence-electron chi connectivity index (χ0n) is 13.5. The van der Waals surface area contributed by atoms with Crippen LogP contribution in [0, 0.1) is 6.92 Å². The summed E-state index contributed by atoms with van der Waals surface area (Å²) >= 11 is 0. The van der Waals surface area contributed by atoms with Crippen molar-refractivity contribution in [3.63, 3.8) is 0 Å². The Morgan fingerprint density at radius 3 is 1.35 bits per heavy atom. The van der Waals surface area contributed by atoms with Crippen LogP contribution in [0.2, 0.25) is 0 Å². The molecular formula is C14H21BrMgO6Zn-. The summed E-state index contributed by atoms with van der Waals surface area (Å²) in [6.45, 7) is 5.00. The summed E-state index contributed by atoms with van der Waals surface area (Å²) in [5, 5.41) is 22.9. The average molecular weight is 455 g/mol. The van der Waals surface area contributed by atoms with E-state index in [2.05, 4.69) is 6.92 Å². The fraction of sp³-hybridized carbons (Fsp3) is 0.786. The molecule has 9 heteroatoms. The Bertz CT molecular complexity index is 307. The second-order valence-corrected chi connectivity index (χ2v) is 4.82. The van der Waals surface area contributed by atoms with Gasteiger partial charge in [-0.3, -0.25) is 9.59 Å². The Kier molecular flexibility index (Phi) is 18.6. The predicted octanol–water partition coefficient (Wildman–Crippen LogP) is -3.90. The Balaban J connectivity index is -0.000000770. The molecule has 0 heterocycles. The molecule has 125 valence electrons. The number of hydrogen-bond donors (Lipinski definition) is 0. The molecule has 2 rings (SSSR count). The van der Waals surface area contributed by atoms with Gasteiger partial charge in [0.25, 0.3) is 11.9 Å². The summed E-state index contributed by atoms with van der Waals surface area (Å²) in [4.78, 5) is 22.6. The summed E-state index contributed by atoms with van der Waals surface area (Å²) in [5.41, 5.74) is 0. The Hall–Kier alpha value is 0.730. The molecule has 2 aliphatic carbocycles. The molecule has 0 aromatic rings. The van der Waals surface area contributed by atoms with Crippen LogP contribution in [0.1, 0.15) is 45.4 Å². The Labute approximate surface area is 176 Å². The predicted molar refractivity (Wildman–Crippen MR) is 71.8 cm³/mol. The van der Waals surface area contributed by atoms with E-state index in [1.165, 1.54) is 0 Å². The van der Waals surface area contributed by atoms with E-state index in [-0.39, 0.29) is 71.7 Å². The van der Waals surface area contributed by atoms with Crippen molar-refractivity contribution in [2.75, 3.05) is 0 Å². The maximum Gasteiger partial charge on any atom is 2.00 e. The van der Waals surface area contributed by atoms with Crippen molar-refractivity contribution in [2.45, 2.75) is 69.9 Å². The zero-order chi connectivity index (χ0) is 15.1. The maximum absolute atomic E-state index is 11.4. The van der Waals surface area contributed by atoms with Gasteiger partial charge in [0, 0.05) is 19.5 Å². The SMILES string of the molecule is O=C(OC1CCC1)[C@H]([O-])[C@@H]([O-])C(=O)OC1CCC1.[Br-].[CH2]C.[Mg+2].[Zn]. The Morgan fingerprint density at radius 1 is 0.913 bits per heavy atom. The first-order chi connectivity index (χ1) is 9.58. The number of hydrogen-bond acceptors (Lipinski definition) is 6. The molecule has 0 aromatic heterocycles. The molecule has 0 aliphatic heterocycles. The van der Waals surface area contributed by atoms with Gasteiger partial charge in [-0.05, 0) is 50.7 Å². The molecular weight excluding hydrogens is 434 g/mol. The molecule has 1 radical (unpaired) electrons. The molecule has 0 amide bonds. The van der Waals surface area contributed by atoms with Gasteiger partial charge in [0.15, 0.2) is 0 Å². The van der Waals surface area contributed by atoms with Gasteiger partial charge >= 0.3 is 23.1 Å². The molecule has 0 spiro atoms. The molecule has 2 atom stereocenters. The third-order valence-corrected chi connectivity index (χ3v) is 3.41. The molecule has 23 heavy (non-hydrogen) atoms. The van der Waals surface area contributed by atoms with Crippen molar-refractivity contribution in [1.29, 1.82) is 0 Å². The smallest absolute Gasteiger partial charge is 1.00 e. The Morgan fingerprint density at radius 2 is 1.17 bits per heavy atom. The molecule has 6 nitrogen and oxygen atoms in total. The second kappa shape index (κ2) is 15.0. The summed E-state index contributed by atoms with van der Waals surface area (Å²) in [6.07, 6.45) is -0.201. The summed E-state index contributed by atoms with van der Waals surface area (Å²) in [6, 6.07) is 0. The van der Waals surface area contributed by atoms with Gasteiger partial charge < -0.3 is 36.7 Å². The zero-order valence-corrected chi connectivity index (χ0v) is 19.5. The van der Waals surface area contributed by atoms with Gasteiger partial charge in [0.1, 0.15) is 12.2 Å². The number of carbonyl (C=O) groups excluding carboxylic acids is 2. The van der Waals surface area contributed by atoms with E-state index in [0.29, 0.717) is 25.7 Å². The monoisotopic (exact) mass is 452 g/mol. The third-order valence-electron chi connectivity index (χ3n) is 3.41. The first-order valence-electron chi connectivity index (χ1n) is 7.01. The van der Waals surface area contributed by atoms with Crippen LogP contribution in [0.5, 0.6) is 0 Å². The van der Waals surface area contributed by atoms with E-state index in [0.717, 1.165) is 12.8 Å². The number of esters is 2. The van der Waals surface area contributed by atoms with Crippen LogP contribution in [-0.2, 0) is 38.5 Å². The van der Waals surface area contributed by atoms with Crippen LogP contribution < -0.4 is 27.2 Å². The standard InChI is InChI=1S/C12H16O6.C2H5.BrH.Mg.Zn/c13-9(11(15)17-7-3-1-4-7)10(14)12(16)18-8-5-2-6-8;1-2;;;/h7-10H,1-6H2;1H2,2H3;1H;;/q-2;;;+2;/p-1/t9-,10-;;;;/m1..../s1. The minimum atomic E-state index is -2.22. The largest absolute Gasteiger partial charge is 2.00 e. The van der Waals surface area contributed by atoms with E-state index in [1.807, 2.05) is 0 Å². The minimum Gasteiger partial charge on any atom is -1.00 e. The topological polar surface area (TPSA) is 98.7 Å². The number of rotatable bonds is 5. The van der Waals surface area contributed by atoms with Crippen molar-refractivity contribution in [2.24, 2.45) is 0 Å². The van der Waals surface area contributed by atoms with Gasteiger partial charge in [-0.25, -0.2) is 0 Å². The van der Waals surface area contributed by atoms with Gasteiger partial charge in [-0.2, -0.15) is 0 Å². The van der Waals surface area contributed by atoms with Crippen LogP contribution in [0.3, 0.4) is 0 Å². The molecule has 0 N–H and O–H groups in total. The van der Waals surface area contributed by atoms with Crippen molar-refractivity contribution >= 4 is 35.0 Å². The molecule has 0 saturated heterocycles. The second-order valence-electron chi connectivity index (χ2n) is 4.82. The van der Waals surface area contributed by atoms with E-state index >= 15 is 0 Å². The normalized spacial score (nSPS) is 18.6. The summed E-state index contributed by atoms with van der Waals surface area (Å²) in [7, 11) is 0. The van der Waals surface area contributed by atoms with E-state index < -0.39 is 24.1 Å². The quantitative estimate of drug-likeness (QED) is 0.311. The first-order valence-corrected chi connectivity index (χ1v) is 7.01. The van der Waals surface area contributed by atoms with Gasteiger partial charge in [0.05, 0.1) is 0 Å². The average Bonchev–Trinajstić information content (AvgIpc) is 2.38. The third kappa shape index (κ3) is 9.12. The van der Waals surface area contributed by atoms with E-state index in [4.69, 9.17) is 9.47 Å². The van der Waals surface area contributed by atoms with E-state index in [9.17, 15) is 19.8 Å². The van der Waals surface area contributed by atoms with Crippen molar-refractivity contribution in [1.82, 2.24) is 0 Å². The molecule has 0 unspecified atom stereocenters. The van der Waals surface area contributed by atoms with Crippen LogP contribution in [0.4, 0.5) is 0 Å².